The van der Waals surface area contributed by atoms with Crippen molar-refractivity contribution in [2.45, 2.75) is 26.2 Å². The van der Waals surface area contributed by atoms with Crippen LogP contribution < -0.4 is 28.4 Å². The van der Waals surface area contributed by atoms with Gasteiger partial charge in [-0.3, -0.25) is 14.9 Å². The molecular formula is C14H21ClN4O3. The number of quaternary nitrogens is 1. The molecule has 0 saturated heterocycles. The molecule has 22 heavy (non-hydrogen) atoms. The molecule has 0 aliphatic carbocycles. The van der Waals surface area contributed by atoms with Crippen molar-refractivity contribution in [2.75, 3.05) is 30.3 Å². The van der Waals surface area contributed by atoms with E-state index in [0.29, 0.717) is 24.5 Å². The second-order valence-corrected chi connectivity index (χ2v) is 4.79. The molecule has 2 heterocycles. The topological polar surface area (TPSA) is 96.9 Å². The maximum absolute atomic E-state index is 11.2. The molecule has 0 radical (unpaired) electrons. The van der Waals surface area contributed by atoms with Gasteiger partial charge >= 0.3 is 5.97 Å². The maximum atomic E-state index is 11.2. The van der Waals surface area contributed by atoms with Crippen LogP contribution in [0.3, 0.4) is 0 Å². The third-order valence-electron chi connectivity index (χ3n) is 3.10. The van der Waals surface area contributed by atoms with E-state index >= 15 is 0 Å². The number of pyridine rings is 1. The smallest absolute Gasteiger partial charge is 0.305 e. The van der Waals surface area contributed by atoms with Gasteiger partial charge in [0.25, 0.3) is 0 Å². The van der Waals surface area contributed by atoms with E-state index in [1.54, 1.807) is 0 Å². The molecule has 122 valence electrons. The molecule has 1 aliphatic heterocycles. The molecule has 1 aromatic heterocycles. The van der Waals surface area contributed by atoms with Crippen LogP contribution in [-0.2, 0) is 14.3 Å². The van der Waals surface area contributed by atoms with Gasteiger partial charge in [-0.05, 0) is 25.8 Å². The average Bonchev–Trinajstić information content (AvgIpc) is 2.47. The fourth-order valence-electron chi connectivity index (χ4n) is 2.08. The van der Waals surface area contributed by atoms with Gasteiger partial charge in [0, 0.05) is 12.5 Å². The van der Waals surface area contributed by atoms with E-state index in [1.807, 2.05) is 24.4 Å². The molecule has 1 aliphatic rings. The Bertz CT molecular complexity index is 525. The number of unbranched alkanes of at least 4 members (excludes halogenated alkanes) is 1. The Hall–Kier alpha value is -1.86. The normalized spacial score (nSPS) is 12.5. The Morgan fingerprint density at radius 1 is 1.41 bits per heavy atom. The Kier molecular flexibility index (Phi) is 7.62. The predicted molar refractivity (Wildman–Crippen MR) is 78.3 cm³/mol. The van der Waals surface area contributed by atoms with Crippen molar-refractivity contribution in [3.05, 3.63) is 12.1 Å². The first-order valence-electron chi connectivity index (χ1n) is 7.22. The molecule has 1 amide bonds. The zero-order valence-electron chi connectivity index (χ0n) is 12.5. The molecule has 4 N–H and O–H groups in total. The molecular weight excluding hydrogens is 308 g/mol. The van der Waals surface area contributed by atoms with E-state index in [9.17, 15) is 9.59 Å². The van der Waals surface area contributed by atoms with Crippen LogP contribution in [0.5, 0.6) is 0 Å². The van der Waals surface area contributed by atoms with Gasteiger partial charge in [-0.25, -0.2) is 0 Å². The van der Waals surface area contributed by atoms with Gasteiger partial charge < -0.3 is 27.8 Å². The number of aromatic nitrogens is 1. The first kappa shape index (κ1) is 18.2. The van der Waals surface area contributed by atoms with E-state index in [1.165, 1.54) is 0 Å². The monoisotopic (exact) mass is 328 g/mol. The lowest BCUT2D eigenvalue weighted by molar-refractivity contribution is -0.575. The summed E-state index contributed by atoms with van der Waals surface area (Å²) in [6.07, 6.45) is 2.20. The number of ether oxygens (including phenoxy) is 1. The highest BCUT2D eigenvalue weighted by atomic mass is 35.5. The maximum Gasteiger partial charge on any atom is 0.305 e. The van der Waals surface area contributed by atoms with Gasteiger partial charge in [0.05, 0.1) is 25.4 Å². The minimum atomic E-state index is -0.135. The first-order valence-corrected chi connectivity index (χ1v) is 7.22. The van der Waals surface area contributed by atoms with Crippen LogP contribution in [0.2, 0.25) is 0 Å². The standard InChI is InChI=1S/C14H20N4O3.ClH/c1-2-21-13(20)5-3-4-8-15-11-7-6-10-14(18-11)16-9-12(19)17-10;/h6-7H,2-5,8-9H2,1H3,(H,17,19)(H2,15,16,18);1H. The summed E-state index contributed by atoms with van der Waals surface area (Å²) in [5.41, 5.74) is 0.714. The van der Waals surface area contributed by atoms with Crippen LogP contribution in [0.25, 0.3) is 0 Å². The Labute approximate surface area is 135 Å². The van der Waals surface area contributed by atoms with Crippen LogP contribution in [0.15, 0.2) is 12.1 Å². The second kappa shape index (κ2) is 9.22. The molecule has 0 saturated carbocycles. The summed E-state index contributed by atoms with van der Waals surface area (Å²) in [6, 6.07) is 3.72. The second-order valence-electron chi connectivity index (χ2n) is 4.79. The highest BCUT2D eigenvalue weighted by Crippen LogP contribution is 2.22. The van der Waals surface area contributed by atoms with Gasteiger partial charge in [-0.2, -0.15) is 4.98 Å². The van der Waals surface area contributed by atoms with Gasteiger partial charge in [0.2, 0.25) is 11.7 Å². The SMILES string of the molecule is CCOC(=O)CCCC[NH2+]c1ccc2c(n1)NCC(=O)N2.[Cl-]. The lowest BCUT2D eigenvalue weighted by atomic mass is 10.2. The largest absolute Gasteiger partial charge is 1.00 e. The number of esters is 1. The molecule has 1 aromatic rings. The lowest BCUT2D eigenvalue weighted by Crippen LogP contribution is -3.00. The summed E-state index contributed by atoms with van der Waals surface area (Å²) < 4.78 is 4.87. The molecule has 0 fully saturated rings. The molecule has 8 heteroatoms. The van der Waals surface area contributed by atoms with Gasteiger partial charge in [0.15, 0.2) is 5.82 Å². The van der Waals surface area contributed by atoms with Crippen LogP contribution in [0.1, 0.15) is 26.2 Å². The average molecular weight is 329 g/mol. The van der Waals surface area contributed by atoms with E-state index in [0.717, 1.165) is 25.2 Å². The Balaban J connectivity index is 0.00000242. The minimum absolute atomic E-state index is 0. The number of rotatable bonds is 7. The number of nitrogens with two attached hydrogens (primary N) is 1. The van der Waals surface area contributed by atoms with Crippen molar-refractivity contribution in [1.82, 2.24) is 4.98 Å². The van der Waals surface area contributed by atoms with Crippen molar-refractivity contribution in [2.24, 2.45) is 0 Å². The lowest BCUT2D eigenvalue weighted by Gasteiger charge is -2.17. The van der Waals surface area contributed by atoms with Gasteiger partial charge in [-0.15, -0.1) is 0 Å². The number of carbonyl (C=O) groups excluding carboxylic acids is 2. The van der Waals surface area contributed by atoms with Gasteiger partial charge in [0.1, 0.15) is 0 Å². The van der Waals surface area contributed by atoms with E-state index in [4.69, 9.17) is 4.74 Å². The number of amides is 1. The summed E-state index contributed by atoms with van der Waals surface area (Å²) in [7, 11) is 0. The zero-order chi connectivity index (χ0) is 15.1. The molecule has 2 rings (SSSR count). The van der Waals surface area contributed by atoms with Crippen LogP contribution >= 0.6 is 0 Å². The minimum Gasteiger partial charge on any atom is -1.00 e. The third-order valence-corrected chi connectivity index (χ3v) is 3.10. The molecule has 0 bridgehead atoms. The Morgan fingerprint density at radius 3 is 3.00 bits per heavy atom. The van der Waals surface area contributed by atoms with Crippen molar-refractivity contribution >= 4 is 29.2 Å². The van der Waals surface area contributed by atoms with Crippen LogP contribution in [0, 0.1) is 0 Å². The van der Waals surface area contributed by atoms with Crippen molar-refractivity contribution < 1.29 is 32.0 Å². The van der Waals surface area contributed by atoms with Gasteiger partial charge in [-0.1, -0.05) is 0 Å². The van der Waals surface area contributed by atoms with Crippen molar-refractivity contribution in [3.8, 4) is 0 Å². The van der Waals surface area contributed by atoms with Crippen LogP contribution in [-0.4, -0.2) is 36.6 Å². The highest BCUT2D eigenvalue weighted by Gasteiger charge is 2.16. The molecule has 0 aromatic carbocycles. The predicted octanol–water partition coefficient (Wildman–Crippen LogP) is -2.62. The van der Waals surface area contributed by atoms with Crippen molar-refractivity contribution in [3.63, 3.8) is 0 Å². The van der Waals surface area contributed by atoms with E-state index < -0.39 is 0 Å². The number of hydrogen-bond donors (Lipinski definition) is 3. The zero-order valence-corrected chi connectivity index (χ0v) is 13.3. The summed E-state index contributed by atoms with van der Waals surface area (Å²) in [5, 5.41) is 7.77. The summed E-state index contributed by atoms with van der Waals surface area (Å²) in [4.78, 5) is 26.8. The Morgan fingerprint density at radius 2 is 2.23 bits per heavy atom. The van der Waals surface area contributed by atoms with E-state index in [2.05, 4.69) is 15.6 Å². The fourth-order valence-corrected chi connectivity index (χ4v) is 2.08. The number of hydrogen-bond acceptors (Lipinski definition) is 5. The molecule has 7 nitrogen and oxygen atoms in total. The number of nitrogens with zero attached hydrogens (tertiary/aromatic N) is 1. The molecule has 0 unspecified atom stereocenters. The summed E-state index contributed by atoms with van der Waals surface area (Å²) in [5.74, 6) is 1.38. The number of carbonyl (C=O) groups is 2. The van der Waals surface area contributed by atoms with Crippen molar-refractivity contribution in [1.29, 1.82) is 0 Å². The third kappa shape index (κ3) is 5.50. The highest BCUT2D eigenvalue weighted by molar-refractivity contribution is 5.99. The van der Waals surface area contributed by atoms with Crippen LogP contribution in [0.4, 0.5) is 17.3 Å². The number of anilines is 2. The fraction of sp³-hybridized carbons (Fsp3) is 0.500. The van der Waals surface area contributed by atoms with E-state index in [-0.39, 0.29) is 30.8 Å². The first-order chi connectivity index (χ1) is 10.2. The molecule has 0 atom stereocenters. The summed E-state index contributed by atoms with van der Waals surface area (Å²) in [6.45, 7) is 3.36. The summed E-state index contributed by atoms with van der Waals surface area (Å²) >= 11 is 0. The number of nitrogens with one attached hydrogen (secondary N) is 2. The number of fused-ring (bicyclic) bond motifs is 1. The number of halogens is 1. The quantitative estimate of drug-likeness (QED) is 0.376. The molecule has 0 spiro atoms.